The van der Waals surface area contributed by atoms with Gasteiger partial charge in [-0.2, -0.15) is 5.10 Å². The van der Waals surface area contributed by atoms with E-state index < -0.39 is 5.97 Å². The molecule has 0 aliphatic rings. The average Bonchev–Trinajstić information content (AvgIpc) is 2.72. The number of esters is 1. The SMILES string of the molecule is CCOC(=O)c1cc(Cl)nn1-c1ncccc1Cl. The molecule has 0 spiro atoms. The number of ether oxygens (including phenoxy) is 1. The molecule has 94 valence electrons. The molecule has 0 saturated carbocycles. The van der Waals surface area contributed by atoms with Crippen molar-refractivity contribution in [3.8, 4) is 5.82 Å². The van der Waals surface area contributed by atoms with Crippen LogP contribution in [0.25, 0.3) is 5.82 Å². The van der Waals surface area contributed by atoms with Crippen LogP contribution in [0.5, 0.6) is 0 Å². The average molecular weight is 286 g/mol. The molecule has 0 fully saturated rings. The van der Waals surface area contributed by atoms with Crippen LogP contribution in [0.3, 0.4) is 0 Å². The van der Waals surface area contributed by atoms with Gasteiger partial charge in [-0.3, -0.25) is 0 Å². The Kier molecular flexibility index (Phi) is 3.84. The van der Waals surface area contributed by atoms with Crippen LogP contribution >= 0.6 is 23.2 Å². The summed E-state index contributed by atoms with van der Waals surface area (Å²) in [5.74, 6) is -0.201. The normalized spacial score (nSPS) is 10.4. The van der Waals surface area contributed by atoms with E-state index in [1.807, 2.05) is 0 Å². The molecule has 2 aromatic heterocycles. The first-order valence-electron chi connectivity index (χ1n) is 5.17. The third-order valence-electron chi connectivity index (χ3n) is 2.10. The standard InChI is InChI=1S/C11H9Cl2N3O2/c1-2-18-11(17)8-6-9(13)15-16(8)10-7(12)4-3-5-14-10/h3-6H,2H2,1H3. The third kappa shape index (κ3) is 2.47. The molecule has 0 aliphatic carbocycles. The number of pyridine rings is 1. The number of aromatic nitrogens is 3. The van der Waals surface area contributed by atoms with Crippen LogP contribution in [0, 0.1) is 0 Å². The number of carbonyl (C=O) groups excluding carboxylic acids is 1. The highest BCUT2D eigenvalue weighted by molar-refractivity contribution is 6.32. The maximum Gasteiger partial charge on any atom is 0.357 e. The van der Waals surface area contributed by atoms with E-state index in [1.54, 1.807) is 25.3 Å². The Hall–Kier alpha value is -1.59. The lowest BCUT2D eigenvalue weighted by Crippen LogP contribution is -2.13. The van der Waals surface area contributed by atoms with Gasteiger partial charge in [-0.05, 0) is 19.1 Å². The Balaban J connectivity index is 2.51. The minimum absolute atomic E-state index is 0.166. The van der Waals surface area contributed by atoms with Gasteiger partial charge in [0.25, 0.3) is 0 Å². The van der Waals surface area contributed by atoms with Crippen molar-refractivity contribution in [2.24, 2.45) is 0 Å². The summed E-state index contributed by atoms with van der Waals surface area (Å²) in [6.45, 7) is 1.98. The van der Waals surface area contributed by atoms with E-state index in [0.29, 0.717) is 10.8 Å². The predicted octanol–water partition coefficient (Wildman–Crippen LogP) is 2.75. The van der Waals surface area contributed by atoms with E-state index in [2.05, 4.69) is 10.1 Å². The summed E-state index contributed by atoms with van der Waals surface area (Å²) in [4.78, 5) is 15.8. The number of rotatable bonds is 3. The number of nitrogens with zero attached hydrogens (tertiary/aromatic N) is 3. The van der Waals surface area contributed by atoms with Crippen LogP contribution in [0.1, 0.15) is 17.4 Å². The highest BCUT2D eigenvalue weighted by atomic mass is 35.5. The summed E-state index contributed by atoms with van der Waals surface area (Å²) in [6.07, 6.45) is 1.55. The molecule has 5 nitrogen and oxygen atoms in total. The second kappa shape index (κ2) is 5.37. The lowest BCUT2D eigenvalue weighted by Gasteiger charge is -2.06. The molecule has 0 aromatic carbocycles. The summed E-state index contributed by atoms with van der Waals surface area (Å²) in [7, 11) is 0. The Labute approximate surface area is 113 Å². The van der Waals surface area contributed by atoms with Gasteiger partial charge in [0.15, 0.2) is 16.7 Å². The second-order valence-electron chi connectivity index (χ2n) is 3.29. The molecule has 2 aromatic rings. The monoisotopic (exact) mass is 285 g/mol. The zero-order chi connectivity index (χ0) is 13.1. The number of halogens is 2. The van der Waals surface area contributed by atoms with Gasteiger partial charge >= 0.3 is 5.97 Å². The first-order chi connectivity index (χ1) is 8.63. The van der Waals surface area contributed by atoms with Crippen LogP contribution in [0.2, 0.25) is 10.2 Å². The second-order valence-corrected chi connectivity index (χ2v) is 4.09. The first kappa shape index (κ1) is 12.9. The van der Waals surface area contributed by atoms with E-state index in [-0.39, 0.29) is 17.5 Å². The zero-order valence-corrected chi connectivity index (χ0v) is 10.9. The van der Waals surface area contributed by atoms with Crippen LogP contribution in [0.15, 0.2) is 24.4 Å². The van der Waals surface area contributed by atoms with Crippen molar-refractivity contribution in [3.05, 3.63) is 40.3 Å². The van der Waals surface area contributed by atoms with Crippen molar-refractivity contribution >= 4 is 29.2 Å². The summed E-state index contributed by atoms with van der Waals surface area (Å²) in [5, 5.41) is 4.51. The lowest BCUT2D eigenvalue weighted by atomic mass is 10.4. The summed E-state index contributed by atoms with van der Waals surface area (Å²) in [6, 6.07) is 4.74. The van der Waals surface area contributed by atoms with Crippen LogP contribution in [-0.4, -0.2) is 27.3 Å². The van der Waals surface area contributed by atoms with Gasteiger partial charge in [0.1, 0.15) is 0 Å². The zero-order valence-electron chi connectivity index (χ0n) is 9.43. The maximum atomic E-state index is 11.8. The van der Waals surface area contributed by atoms with Gasteiger partial charge in [0.2, 0.25) is 0 Å². The Morgan fingerprint density at radius 3 is 2.94 bits per heavy atom. The molecule has 0 radical (unpaired) electrons. The molecule has 0 atom stereocenters. The highest BCUT2D eigenvalue weighted by Crippen LogP contribution is 2.21. The minimum atomic E-state index is -0.529. The van der Waals surface area contributed by atoms with Gasteiger partial charge in [-0.25, -0.2) is 14.5 Å². The molecule has 7 heteroatoms. The highest BCUT2D eigenvalue weighted by Gasteiger charge is 2.19. The predicted molar refractivity (Wildman–Crippen MR) is 67.3 cm³/mol. The Bertz CT molecular complexity index is 583. The van der Waals surface area contributed by atoms with Gasteiger partial charge in [-0.15, -0.1) is 0 Å². The van der Waals surface area contributed by atoms with Crippen molar-refractivity contribution in [1.82, 2.24) is 14.8 Å². The Morgan fingerprint density at radius 1 is 1.50 bits per heavy atom. The van der Waals surface area contributed by atoms with E-state index in [0.717, 1.165) is 0 Å². The molecular formula is C11H9Cl2N3O2. The van der Waals surface area contributed by atoms with Crippen molar-refractivity contribution in [1.29, 1.82) is 0 Å². The number of hydrogen-bond acceptors (Lipinski definition) is 4. The quantitative estimate of drug-likeness (QED) is 0.814. The van der Waals surface area contributed by atoms with Crippen molar-refractivity contribution in [2.75, 3.05) is 6.61 Å². The fraction of sp³-hybridized carbons (Fsp3) is 0.182. The molecule has 0 bridgehead atoms. The smallest absolute Gasteiger partial charge is 0.357 e. The number of hydrogen-bond donors (Lipinski definition) is 0. The van der Waals surface area contributed by atoms with E-state index in [1.165, 1.54) is 10.7 Å². The van der Waals surface area contributed by atoms with Crippen molar-refractivity contribution < 1.29 is 9.53 Å². The summed E-state index contributed by atoms with van der Waals surface area (Å²) >= 11 is 11.8. The molecule has 0 saturated heterocycles. The first-order valence-corrected chi connectivity index (χ1v) is 5.92. The molecular weight excluding hydrogens is 277 g/mol. The summed E-state index contributed by atoms with van der Waals surface area (Å²) < 4.78 is 6.18. The molecule has 0 unspecified atom stereocenters. The molecule has 0 N–H and O–H groups in total. The largest absolute Gasteiger partial charge is 0.461 e. The maximum absolute atomic E-state index is 11.8. The molecule has 18 heavy (non-hydrogen) atoms. The van der Waals surface area contributed by atoms with Crippen molar-refractivity contribution in [2.45, 2.75) is 6.92 Å². The topological polar surface area (TPSA) is 57.0 Å². The molecule has 2 rings (SSSR count). The van der Waals surface area contributed by atoms with Crippen molar-refractivity contribution in [3.63, 3.8) is 0 Å². The fourth-order valence-electron chi connectivity index (χ4n) is 1.40. The number of carbonyl (C=O) groups is 1. The molecule has 0 aliphatic heterocycles. The van der Waals surface area contributed by atoms with E-state index in [9.17, 15) is 4.79 Å². The Morgan fingerprint density at radius 2 is 2.28 bits per heavy atom. The van der Waals surface area contributed by atoms with Gasteiger partial charge in [0.05, 0.1) is 11.6 Å². The van der Waals surface area contributed by atoms with Crippen LogP contribution in [0.4, 0.5) is 0 Å². The van der Waals surface area contributed by atoms with Gasteiger partial charge in [0, 0.05) is 12.3 Å². The van der Waals surface area contributed by atoms with E-state index in [4.69, 9.17) is 27.9 Å². The van der Waals surface area contributed by atoms with Crippen LogP contribution < -0.4 is 0 Å². The van der Waals surface area contributed by atoms with Gasteiger partial charge < -0.3 is 4.74 Å². The molecule has 0 amide bonds. The minimum Gasteiger partial charge on any atom is -0.461 e. The van der Waals surface area contributed by atoms with E-state index >= 15 is 0 Å². The third-order valence-corrected chi connectivity index (χ3v) is 2.58. The molecule has 2 heterocycles. The van der Waals surface area contributed by atoms with Gasteiger partial charge in [-0.1, -0.05) is 23.2 Å². The summed E-state index contributed by atoms with van der Waals surface area (Å²) in [5.41, 5.74) is 0.183. The fourth-order valence-corrected chi connectivity index (χ4v) is 1.78. The van der Waals surface area contributed by atoms with Crippen LogP contribution in [-0.2, 0) is 4.74 Å². The lowest BCUT2D eigenvalue weighted by molar-refractivity contribution is 0.0515.